The molecule has 1 aromatic heterocycles. The van der Waals surface area contributed by atoms with Crippen LogP contribution in [-0.2, 0) is 4.79 Å². The van der Waals surface area contributed by atoms with Crippen LogP contribution in [0.15, 0.2) is 17.5 Å². The quantitative estimate of drug-likeness (QED) is 0.896. The number of hydrogen-bond acceptors (Lipinski definition) is 3. The molecular formula is C15H22N2O2S. The average molecular weight is 294 g/mol. The van der Waals surface area contributed by atoms with Gasteiger partial charge in [0.15, 0.2) is 0 Å². The van der Waals surface area contributed by atoms with Crippen molar-refractivity contribution in [2.75, 3.05) is 0 Å². The average Bonchev–Trinajstić information content (AvgIpc) is 2.95. The maximum Gasteiger partial charge on any atom is 0.261 e. The van der Waals surface area contributed by atoms with E-state index in [1.54, 1.807) is 13.0 Å². The normalized spacial score (nSPS) is 23.9. The van der Waals surface area contributed by atoms with Gasteiger partial charge < -0.3 is 10.6 Å². The summed E-state index contributed by atoms with van der Waals surface area (Å²) in [7, 11) is 0. The van der Waals surface area contributed by atoms with Crippen LogP contribution in [0.5, 0.6) is 0 Å². The van der Waals surface area contributed by atoms with E-state index in [1.165, 1.54) is 24.2 Å². The minimum absolute atomic E-state index is 0.0885. The van der Waals surface area contributed by atoms with Gasteiger partial charge in [0.05, 0.1) is 4.88 Å². The molecule has 5 heteroatoms. The van der Waals surface area contributed by atoms with Crippen LogP contribution in [0.1, 0.15) is 49.2 Å². The van der Waals surface area contributed by atoms with E-state index >= 15 is 0 Å². The van der Waals surface area contributed by atoms with Gasteiger partial charge in [-0.05, 0) is 50.0 Å². The summed E-state index contributed by atoms with van der Waals surface area (Å²) in [6.07, 6.45) is 4.42. The van der Waals surface area contributed by atoms with Gasteiger partial charge in [-0.2, -0.15) is 0 Å². The lowest BCUT2D eigenvalue weighted by atomic mass is 9.87. The first kappa shape index (κ1) is 15.0. The Morgan fingerprint density at radius 2 is 2.00 bits per heavy atom. The molecule has 1 aromatic rings. The van der Waals surface area contributed by atoms with Gasteiger partial charge in [0.1, 0.15) is 6.04 Å². The summed E-state index contributed by atoms with van der Waals surface area (Å²) in [5.74, 6) is 0.494. The van der Waals surface area contributed by atoms with E-state index in [9.17, 15) is 9.59 Å². The first-order valence-electron chi connectivity index (χ1n) is 7.21. The highest BCUT2D eigenvalue weighted by Gasteiger charge is 2.23. The number of thiophene rings is 1. The van der Waals surface area contributed by atoms with Crippen molar-refractivity contribution in [3.05, 3.63) is 22.4 Å². The molecule has 1 aliphatic carbocycles. The third-order valence-electron chi connectivity index (χ3n) is 3.85. The van der Waals surface area contributed by atoms with Crippen LogP contribution in [0.2, 0.25) is 0 Å². The van der Waals surface area contributed by atoms with Gasteiger partial charge in [-0.15, -0.1) is 11.3 Å². The number of carbonyl (C=O) groups excluding carboxylic acids is 2. The fraction of sp³-hybridized carbons (Fsp3) is 0.600. The monoisotopic (exact) mass is 294 g/mol. The third kappa shape index (κ3) is 4.07. The zero-order chi connectivity index (χ0) is 14.5. The highest BCUT2D eigenvalue weighted by Crippen LogP contribution is 2.23. The second kappa shape index (κ2) is 6.88. The van der Waals surface area contributed by atoms with Crippen molar-refractivity contribution in [1.29, 1.82) is 0 Å². The minimum atomic E-state index is -0.496. The van der Waals surface area contributed by atoms with Crippen LogP contribution in [0.25, 0.3) is 0 Å². The molecule has 110 valence electrons. The first-order valence-corrected chi connectivity index (χ1v) is 8.09. The van der Waals surface area contributed by atoms with Crippen LogP contribution in [0.3, 0.4) is 0 Å². The van der Waals surface area contributed by atoms with Gasteiger partial charge in [-0.3, -0.25) is 9.59 Å². The minimum Gasteiger partial charge on any atom is -0.352 e. The summed E-state index contributed by atoms with van der Waals surface area (Å²) < 4.78 is 0. The van der Waals surface area contributed by atoms with Gasteiger partial charge in [-0.1, -0.05) is 13.0 Å². The second-order valence-corrected chi connectivity index (χ2v) is 6.59. The molecule has 2 rings (SSSR count). The molecule has 1 unspecified atom stereocenters. The molecule has 20 heavy (non-hydrogen) atoms. The molecule has 1 aliphatic rings. The molecule has 2 N–H and O–H groups in total. The molecule has 1 heterocycles. The zero-order valence-electron chi connectivity index (χ0n) is 12.0. The van der Waals surface area contributed by atoms with E-state index in [2.05, 4.69) is 17.6 Å². The Bertz CT molecular complexity index is 450. The summed E-state index contributed by atoms with van der Waals surface area (Å²) in [4.78, 5) is 24.6. The van der Waals surface area contributed by atoms with Crippen molar-refractivity contribution in [1.82, 2.24) is 10.6 Å². The van der Waals surface area contributed by atoms with Crippen molar-refractivity contribution in [2.24, 2.45) is 5.92 Å². The number of hydrogen-bond donors (Lipinski definition) is 2. The Hall–Kier alpha value is -1.36. The Kier molecular flexibility index (Phi) is 5.17. The highest BCUT2D eigenvalue weighted by molar-refractivity contribution is 7.12. The van der Waals surface area contributed by atoms with Crippen molar-refractivity contribution in [3.8, 4) is 0 Å². The third-order valence-corrected chi connectivity index (χ3v) is 4.72. The first-order chi connectivity index (χ1) is 9.56. The molecular weight excluding hydrogens is 272 g/mol. The summed E-state index contributed by atoms with van der Waals surface area (Å²) in [6.45, 7) is 3.98. The zero-order valence-corrected chi connectivity index (χ0v) is 12.8. The number of carbonyl (C=O) groups is 2. The maximum atomic E-state index is 12.1. The van der Waals surface area contributed by atoms with Gasteiger partial charge in [0.2, 0.25) is 5.91 Å². The molecule has 1 saturated carbocycles. The molecule has 1 atom stereocenters. The SMILES string of the molecule is CC1CCC(NC(=O)C(C)NC(=O)c2cccs2)CC1. The molecule has 4 nitrogen and oxygen atoms in total. The Morgan fingerprint density at radius 1 is 1.30 bits per heavy atom. The number of rotatable bonds is 4. The summed E-state index contributed by atoms with van der Waals surface area (Å²) in [5, 5.41) is 7.63. The lowest BCUT2D eigenvalue weighted by molar-refractivity contribution is -0.123. The van der Waals surface area contributed by atoms with Crippen molar-refractivity contribution >= 4 is 23.2 Å². The lowest BCUT2D eigenvalue weighted by Gasteiger charge is -2.28. The maximum absolute atomic E-state index is 12.1. The predicted octanol–water partition coefficient (Wildman–Crippen LogP) is 2.56. The molecule has 0 radical (unpaired) electrons. The van der Waals surface area contributed by atoms with Crippen LogP contribution in [-0.4, -0.2) is 23.9 Å². The van der Waals surface area contributed by atoms with Crippen molar-refractivity contribution in [3.63, 3.8) is 0 Å². The Labute approximate surface area is 124 Å². The van der Waals surface area contributed by atoms with Crippen LogP contribution < -0.4 is 10.6 Å². The lowest BCUT2D eigenvalue weighted by Crippen LogP contribution is -2.48. The molecule has 0 aliphatic heterocycles. The molecule has 2 amide bonds. The van der Waals surface area contributed by atoms with E-state index in [0.717, 1.165) is 18.8 Å². The van der Waals surface area contributed by atoms with E-state index < -0.39 is 6.04 Å². The van der Waals surface area contributed by atoms with E-state index in [4.69, 9.17) is 0 Å². The van der Waals surface area contributed by atoms with Crippen LogP contribution >= 0.6 is 11.3 Å². The van der Waals surface area contributed by atoms with E-state index in [1.807, 2.05) is 11.4 Å². The fourth-order valence-electron chi connectivity index (χ4n) is 2.47. The molecule has 0 bridgehead atoms. The predicted molar refractivity (Wildman–Crippen MR) is 80.8 cm³/mol. The van der Waals surface area contributed by atoms with Crippen molar-refractivity contribution in [2.45, 2.75) is 51.6 Å². The Morgan fingerprint density at radius 3 is 2.60 bits per heavy atom. The van der Waals surface area contributed by atoms with Gasteiger partial charge in [0.25, 0.3) is 5.91 Å². The molecule has 0 spiro atoms. The number of amides is 2. The summed E-state index contributed by atoms with van der Waals surface area (Å²) in [5.41, 5.74) is 0. The van der Waals surface area contributed by atoms with E-state index in [-0.39, 0.29) is 17.9 Å². The van der Waals surface area contributed by atoms with Gasteiger partial charge >= 0.3 is 0 Å². The van der Waals surface area contributed by atoms with Crippen LogP contribution in [0, 0.1) is 5.92 Å². The standard InChI is InChI=1S/C15H22N2O2S/c1-10-5-7-12(8-6-10)17-14(18)11(2)16-15(19)13-4-3-9-20-13/h3-4,9-12H,5-8H2,1-2H3,(H,16,19)(H,17,18). The number of nitrogens with one attached hydrogen (secondary N) is 2. The van der Waals surface area contributed by atoms with E-state index in [0.29, 0.717) is 4.88 Å². The highest BCUT2D eigenvalue weighted by atomic mass is 32.1. The Balaban J connectivity index is 1.78. The second-order valence-electron chi connectivity index (χ2n) is 5.64. The van der Waals surface area contributed by atoms with Gasteiger partial charge in [0, 0.05) is 6.04 Å². The van der Waals surface area contributed by atoms with Crippen LogP contribution in [0.4, 0.5) is 0 Å². The fourth-order valence-corrected chi connectivity index (χ4v) is 3.10. The smallest absolute Gasteiger partial charge is 0.261 e. The molecule has 1 fully saturated rings. The topological polar surface area (TPSA) is 58.2 Å². The molecule has 0 aromatic carbocycles. The summed E-state index contributed by atoms with van der Waals surface area (Å²) in [6, 6.07) is 3.35. The molecule has 0 saturated heterocycles. The summed E-state index contributed by atoms with van der Waals surface area (Å²) >= 11 is 1.38. The van der Waals surface area contributed by atoms with Crippen molar-refractivity contribution < 1.29 is 9.59 Å². The largest absolute Gasteiger partial charge is 0.352 e. The van der Waals surface area contributed by atoms with Gasteiger partial charge in [-0.25, -0.2) is 0 Å².